The van der Waals surface area contributed by atoms with Crippen molar-refractivity contribution in [2.24, 2.45) is 17.8 Å². The maximum Gasteiger partial charge on any atom is 0.225 e. The maximum absolute atomic E-state index is 12.4. The van der Waals surface area contributed by atoms with Crippen LogP contribution in [0.2, 0.25) is 0 Å². The van der Waals surface area contributed by atoms with Gasteiger partial charge in [0.2, 0.25) is 5.91 Å². The van der Waals surface area contributed by atoms with Crippen LogP contribution in [0.4, 0.5) is 0 Å². The normalized spacial score (nSPS) is 20.8. The topological polar surface area (TPSA) is 66.5 Å². The van der Waals surface area contributed by atoms with E-state index in [-0.39, 0.29) is 62.1 Å². The summed E-state index contributed by atoms with van der Waals surface area (Å²) in [4.78, 5) is 37.1. The minimum Gasteiger partial charge on any atom is -0.474 e. The summed E-state index contributed by atoms with van der Waals surface area (Å²) in [5, 5.41) is 2.76. The van der Waals surface area contributed by atoms with Crippen LogP contribution in [-0.4, -0.2) is 28.7 Å². The summed E-state index contributed by atoms with van der Waals surface area (Å²) >= 11 is 0. The molecule has 1 N–H and O–H groups in total. The van der Waals surface area contributed by atoms with Crippen molar-refractivity contribution >= 4 is 17.7 Å². The molecule has 1 heterocycles. The molecule has 3 atom stereocenters. The number of β-lactam (4-membered cyclic amide) rings is 1. The van der Waals surface area contributed by atoms with Crippen molar-refractivity contribution in [1.82, 2.24) is 10.2 Å². The standard InChI is InChI=1S/C17H20N2O3.Y/c1-10(2)13-14(18-15(13)20)11(3)16(21)19(4)17(22)12-8-6-5-7-9-12;/h5-8,10-11,13-14H,4H2,1-3H3,(H,18,20);/q-2;/t11-,13-,14-;/m1./s1. The summed E-state index contributed by atoms with van der Waals surface area (Å²) in [5.74, 6) is -1.51. The third kappa shape index (κ3) is 4.07. The molecule has 3 amide bonds. The zero-order valence-electron chi connectivity index (χ0n) is 13.6. The second-order valence-corrected chi connectivity index (χ2v) is 5.94. The third-order valence-corrected chi connectivity index (χ3v) is 4.10. The minimum absolute atomic E-state index is 0. The molecule has 0 unspecified atom stereocenters. The van der Waals surface area contributed by atoms with E-state index >= 15 is 0 Å². The van der Waals surface area contributed by atoms with Crippen LogP contribution >= 0.6 is 0 Å². The van der Waals surface area contributed by atoms with Gasteiger partial charge in [0.1, 0.15) is 5.91 Å². The van der Waals surface area contributed by atoms with Crippen molar-refractivity contribution in [2.75, 3.05) is 0 Å². The molecule has 1 fully saturated rings. The summed E-state index contributed by atoms with van der Waals surface area (Å²) in [6.07, 6.45) is 0. The summed E-state index contributed by atoms with van der Waals surface area (Å²) in [6.45, 7) is 5.60. The van der Waals surface area contributed by atoms with Gasteiger partial charge in [-0.25, -0.2) is 0 Å². The van der Waals surface area contributed by atoms with Gasteiger partial charge in [-0.05, 0) is 5.92 Å². The first-order valence-corrected chi connectivity index (χ1v) is 7.30. The first-order chi connectivity index (χ1) is 10.3. The summed E-state index contributed by atoms with van der Waals surface area (Å²) in [5.41, 5.74) is 0.288. The van der Waals surface area contributed by atoms with E-state index in [4.69, 9.17) is 0 Å². The quantitative estimate of drug-likeness (QED) is 0.629. The van der Waals surface area contributed by atoms with Crippen molar-refractivity contribution in [2.45, 2.75) is 26.8 Å². The molecule has 6 heteroatoms. The molecule has 0 aromatic heterocycles. The molecular formula is C17H20N2O3Y-2. The van der Waals surface area contributed by atoms with Gasteiger partial charge in [0, 0.05) is 32.7 Å². The van der Waals surface area contributed by atoms with Gasteiger partial charge < -0.3 is 15.0 Å². The molecule has 0 spiro atoms. The molecule has 1 aromatic rings. The van der Waals surface area contributed by atoms with Gasteiger partial charge in [-0.1, -0.05) is 26.3 Å². The minimum atomic E-state index is -0.504. The molecule has 1 saturated heterocycles. The summed E-state index contributed by atoms with van der Waals surface area (Å²) < 4.78 is 0. The molecule has 23 heavy (non-hydrogen) atoms. The number of imide groups is 1. The van der Waals surface area contributed by atoms with Gasteiger partial charge in [0.25, 0.3) is 0 Å². The Kier molecular flexibility index (Phi) is 7.09. The fourth-order valence-corrected chi connectivity index (χ4v) is 2.74. The van der Waals surface area contributed by atoms with Crippen LogP contribution in [0.25, 0.3) is 0 Å². The predicted molar refractivity (Wildman–Crippen MR) is 81.2 cm³/mol. The maximum atomic E-state index is 12.4. The molecule has 5 nitrogen and oxygen atoms in total. The zero-order chi connectivity index (χ0) is 16.4. The first kappa shape index (κ1) is 20.0. The number of carbonyl (C=O) groups excluding carboxylic acids is 3. The predicted octanol–water partition coefficient (Wildman–Crippen LogP) is 1.65. The Hall–Kier alpha value is -1.07. The number of nitrogens with one attached hydrogen (secondary N) is 1. The fraction of sp³-hybridized carbons (Fsp3) is 0.412. The van der Waals surface area contributed by atoms with Crippen LogP contribution in [0, 0.1) is 30.9 Å². The molecule has 0 aliphatic carbocycles. The van der Waals surface area contributed by atoms with Crippen LogP contribution in [0.3, 0.4) is 0 Å². The summed E-state index contributed by atoms with van der Waals surface area (Å²) in [6, 6.07) is 9.16. The van der Waals surface area contributed by atoms with E-state index in [1.807, 2.05) is 13.8 Å². The van der Waals surface area contributed by atoms with E-state index in [0.29, 0.717) is 0 Å². The van der Waals surface area contributed by atoms with Gasteiger partial charge in [0.15, 0.2) is 5.91 Å². The molecule has 2 rings (SSSR count). The van der Waals surface area contributed by atoms with E-state index in [1.54, 1.807) is 31.2 Å². The zero-order valence-corrected chi connectivity index (χ0v) is 16.4. The second-order valence-electron chi connectivity index (χ2n) is 5.94. The van der Waals surface area contributed by atoms with Crippen LogP contribution < -0.4 is 5.32 Å². The van der Waals surface area contributed by atoms with Gasteiger partial charge >= 0.3 is 0 Å². The molecule has 121 valence electrons. The number of benzene rings is 1. The average molecular weight is 389 g/mol. The fourth-order valence-electron chi connectivity index (χ4n) is 2.74. The third-order valence-electron chi connectivity index (χ3n) is 4.10. The van der Waals surface area contributed by atoms with E-state index in [0.717, 1.165) is 4.90 Å². The van der Waals surface area contributed by atoms with Crippen LogP contribution in [0.5, 0.6) is 0 Å². The molecular weight excluding hydrogens is 369 g/mol. The SMILES string of the molecule is [CH2-]N(C(=O)c1[c-]cccc1)C(=O)[C@H](C)[C@H]1NC(=O)[C@@H]1C(C)C.[Y]. The van der Waals surface area contributed by atoms with Crippen molar-refractivity contribution in [3.63, 3.8) is 0 Å². The van der Waals surface area contributed by atoms with Gasteiger partial charge in [-0.15, -0.1) is 30.3 Å². The van der Waals surface area contributed by atoms with Gasteiger partial charge in [0.05, 0.1) is 17.9 Å². The molecule has 0 saturated carbocycles. The van der Waals surface area contributed by atoms with E-state index < -0.39 is 17.7 Å². The smallest absolute Gasteiger partial charge is 0.225 e. The number of hydrogen-bond acceptors (Lipinski definition) is 3. The molecule has 1 aliphatic rings. The Labute approximate surface area is 162 Å². The van der Waals surface area contributed by atoms with Crippen molar-refractivity contribution in [1.29, 1.82) is 0 Å². The molecule has 1 radical (unpaired) electrons. The monoisotopic (exact) mass is 389 g/mol. The Morgan fingerprint density at radius 3 is 2.43 bits per heavy atom. The number of rotatable bonds is 4. The Balaban J connectivity index is 0.00000264. The average Bonchev–Trinajstić information content (AvgIpc) is 2.49. The van der Waals surface area contributed by atoms with Crippen LogP contribution in [0.1, 0.15) is 31.1 Å². The Morgan fingerprint density at radius 1 is 1.30 bits per heavy atom. The van der Waals surface area contributed by atoms with Crippen LogP contribution in [-0.2, 0) is 42.3 Å². The largest absolute Gasteiger partial charge is 0.474 e. The van der Waals surface area contributed by atoms with Crippen molar-refractivity contribution in [3.8, 4) is 0 Å². The van der Waals surface area contributed by atoms with E-state index in [1.165, 1.54) is 0 Å². The van der Waals surface area contributed by atoms with Crippen molar-refractivity contribution < 1.29 is 47.1 Å². The molecule has 0 bridgehead atoms. The molecule has 1 aliphatic heterocycles. The van der Waals surface area contributed by atoms with E-state index in [9.17, 15) is 14.4 Å². The summed E-state index contributed by atoms with van der Waals surface area (Å²) in [7, 11) is 3.57. The van der Waals surface area contributed by atoms with Crippen molar-refractivity contribution in [3.05, 3.63) is 42.9 Å². The number of carbonyl (C=O) groups is 3. The van der Waals surface area contributed by atoms with Gasteiger partial charge in [-0.2, -0.15) is 0 Å². The Morgan fingerprint density at radius 2 is 1.96 bits per heavy atom. The Bertz CT molecular complexity index is 589. The second kappa shape index (κ2) is 8.16. The van der Waals surface area contributed by atoms with E-state index in [2.05, 4.69) is 18.4 Å². The molecule has 1 aromatic carbocycles. The van der Waals surface area contributed by atoms with Gasteiger partial charge in [-0.3, -0.25) is 16.6 Å². The number of hydrogen-bond donors (Lipinski definition) is 1. The van der Waals surface area contributed by atoms with Crippen LogP contribution in [0.15, 0.2) is 24.3 Å². The number of nitrogens with zero attached hydrogens (tertiary/aromatic N) is 1. The first-order valence-electron chi connectivity index (χ1n) is 7.30. The number of amides is 3.